The topological polar surface area (TPSA) is 64.1 Å². The average Bonchev–Trinajstić information content (AvgIpc) is 2.37. The van der Waals surface area contributed by atoms with Gasteiger partial charge >= 0.3 is 5.69 Å². The molecule has 1 heterocycles. The maximum absolute atomic E-state index is 11.6. The second kappa shape index (κ2) is 4.95. The molecule has 1 aromatic heterocycles. The highest BCUT2D eigenvalue weighted by molar-refractivity contribution is 6.31. The molecule has 2 rings (SSSR count). The number of aromatic amines is 1. The van der Waals surface area contributed by atoms with Crippen molar-refractivity contribution in [3.05, 3.63) is 56.9 Å². The summed E-state index contributed by atoms with van der Waals surface area (Å²) in [6.07, 6.45) is 1.56. The molecule has 5 nitrogen and oxygen atoms in total. The molecule has 0 bridgehead atoms. The number of rotatable bonds is 3. The Morgan fingerprint density at radius 2 is 1.94 bits per heavy atom. The summed E-state index contributed by atoms with van der Waals surface area (Å²) in [4.78, 5) is 25.1. The standard InChI is InChI=1S/C12H13BN2O3/c1-18-9-4-2-8(3-5-9)6-15-7-10(13)11(16)14-12(15)17/h2-5,7H,6,13H2,1H3,(H,14,16,17). The lowest BCUT2D eigenvalue weighted by atomic mass is 10.0. The van der Waals surface area contributed by atoms with Crippen LogP contribution in [0.3, 0.4) is 0 Å². The van der Waals surface area contributed by atoms with Crippen LogP contribution in [-0.2, 0) is 6.54 Å². The van der Waals surface area contributed by atoms with Crippen LogP contribution in [0.4, 0.5) is 0 Å². The lowest BCUT2D eigenvalue weighted by molar-refractivity contribution is 0.414. The number of nitrogens with one attached hydrogen (secondary N) is 1. The Morgan fingerprint density at radius 1 is 1.28 bits per heavy atom. The monoisotopic (exact) mass is 244 g/mol. The first-order chi connectivity index (χ1) is 8.60. The van der Waals surface area contributed by atoms with Crippen molar-refractivity contribution in [1.29, 1.82) is 0 Å². The summed E-state index contributed by atoms with van der Waals surface area (Å²) >= 11 is 0. The summed E-state index contributed by atoms with van der Waals surface area (Å²) in [5, 5.41) is 0. The molecule has 1 aromatic carbocycles. The minimum absolute atomic E-state index is 0.342. The first-order valence-corrected chi connectivity index (χ1v) is 5.53. The molecule has 2 aromatic rings. The predicted molar refractivity (Wildman–Crippen MR) is 71.6 cm³/mol. The van der Waals surface area contributed by atoms with Crippen molar-refractivity contribution in [3.8, 4) is 5.75 Å². The Kier molecular flexibility index (Phi) is 3.37. The summed E-state index contributed by atoms with van der Waals surface area (Å²) in [6, 6.07) is 7.43. The zero-order chi connectivity index (χ0) is 13.1. The molecule has 0 spiro atoms. The molecule has 1 N–H and O–H groups in total. The Morgan fingerprint density at radius 3 is 2.56 bits per heavy atom. The fourth-order valence-electron chi connectivity index (χ4n) is 1.66. The normalized spacial score (nSPS) is 10.3. The fraction of sp³-hybridized carbons (Fsp3) is 0.167. The van der Waals surface area contributed by atoms with Gasteiger partial charge in [-0.05, 0) is 23.2 Å². The average molecular weight is 244 g/mol. The molecule has 0 saturated heterocycles. The first-order valence-electron chi connectivity index (χ1n) is 5.53. The maximum Gasteiger partial charge on any atom is 0.328 e. The summed E-state index contributed by atoms with van der Waals surface area (Å²) in [7, 11) is 3.27. The predicted octanol–water partition coefficient (Wildman–Crippen LogP) is -1.15. The zero-order valence-corrected chi connectivity index (χ0v) is 10.3. The number of hydrogen-bond donors (Lipinski definition) is 1. The van der Waals surface area contributed by atoms with Crippen LogP contribution in [-0.4, -0.2) is 24.5 Å². The molecule has 0 saturated carbocycles. The largest absolute Gasteiger partial charge is 0.497 e. The molecule has 6 heteroatoms. The van der Waals surface area contributed by atoms with Gasteiger partial charge in [-0.25, -0.2) is 4.79 Å². The molecule has 0 atom stereocenters. The van der Waals surface area contributed by atoms with Gasteiger partial charge in [0.15, 0.2) is 0 Å². The number of H-pyrrole nitrogens is 1. The van der Waals surface area contributed by atoms with Crippen molar-refractivity contribution in [2.24, 2.45) is 0 Å². The summed E-state index contributed by atoms with van der Waals surface area (Å²) in [6.45, 7) is 0.417. The van der Waals surface area contributed by atoms with Crippen LogP contribution < -0.4 is 21.4 Å². The van der Waals surface area contributed by atoms with E-state index in [4.69, 9.17) is 4.74 Å². The molecular weight excluding hydrogens is 231 g/mol. The van der Waals surface area contributed by atoms with Gasteiger partial charge in [0.1, 0.15) is 13.6 Å². The van der Waals surface area contributed by atoms with Crippen LogP contribution in [0.1, 0.15) is 5.56 Å². The Labute approximate surface area is 104 Å². The Hall–Kier alpha value is -2.24. The molecule has 0 fully saturated rings. The zero-order valence-electron chi connectivity index (χ0n) is 10.3. The van der Waals surface area contributed by atoms with Gasteiger partial charge in [0.25, 0.3) is 0 Å². The minimum atomic E-state index is -0.401. The van der Waals surface area contributed by atoms with E-state index >= 15 is 0 Å². The summed E-state index contributed by atoms with van der Waals surface area (Å²) in [5.74, 6) is 0.767. The number of methoxy groups -OCH3 is 1. The van der Waals surface area contributed by atoms with Crippen molar-refractivity contribution in [3.63, 3.8) is 0 Å². The highest BCUT2D eigenvalue weighted by Gasteiger charge is 2.02. The van der Waals surface area contributed by atoms with E-state index in [9.17, 15) is 9.59 Å². The first kappa shape index (κ1) is 12.2. The number of ether oxygens (including phenoxy) is 1. The van der Waals surface area contributed by atoms with Gasteiger partial charge in [-0.3, -0.25) is 14.3 Å². The van der Waals surface area contributed by atoms with Crippen LogP contribution in [0.2, 0.25) is 0 Å². The lowest BCUT2D eigenvalue weighted by Crippen LogP contribution is -2.39. The molecular formula is C12H13BN2O3. The third-order valence-corrected chi connectivity index (χ3v) is 2.70. The van der Waals surface area contributed by atoms with Crippen molar-refractivity contribution in [2.75, 3.05) is 7.11 Å². The van der Waals surface area contributed by atoms with Gasteiger partial charge in [-0.2, -0.15) is 0 Å². The molecule has 0 aliphatic rings. The number of hydrogen-bond acceptors (Lipinski definition) is 3. The van der Waals surface area contributed by atoms with Crippen LogP contribution in [0.25, 0.3) is 0 Å². The highest BCUT2D eigenvalue weighted by atomic mass is 16.5. The third-order valence-electron chi connectivity index (χ3n) is 2.70. The molecule has 18 heavy (non-hydrogen) atoms. The van der Waals surface area contributed by atoms with Crippen molar-refractivity contribution in [2.45, 2.75) is 6.54 Å². The van der Waals surface area contributed by atoms with Crippen LogP contribution in [0.15, 0.2) is 40.1 Å². The van der Waals surface area contributed by atoms with E-state index in [0.717, 1.165) is 11.3 Å². The van der Waals surface area contributed by atoms with E-state index in [-0.39, 0.29) is 5.56 Å². The number of aromatic nitrogens is 2. The molecule has 0 aliphatic carbocycles. The summed E-state index contributed by atoms with van der Waals surface area (Å²) in [5.41, 5.74) is 0.736. The molecule has 0 amide bonds. The highest BCUT2D eigenvalue weighted by Crippen LogP contribution is 2.11. The van der Waals surface area contributed by atoms with E-state index < -0.39 is 5.69 Å². The van der Waals surface area contributed by atoms with Gasteiger partial charge < -0.3 is 4.74 Å². The van der Waals surface area contributed by atoms with E-state index in [0.29, 0.717) is 12.0 Å². The van der Waals surface area contributed by atoms with E-state index in [2.05, 4.69) is 4.98 Å². The molecule has 92 valence electrons. The Balaban J connectivity index is 2.31. The lowest BCUT2D eigenvalue weighted by Gasteiger charge is -2.07. The minimum Gasteiger partial charge on any atom is -0.497 e. The molecule has 0 aliphatic heterocycles. The smallest absolute Gasteiger partial charge is 0.328 e. The van der Waals surface area contributed by atoms with Crippen LogP contribution in [0, 0.1) is 0 Å². The fourth-order valence-corrected chi connectivity index (χ4v) is 1.66. The van der Waals surface area contributed by atoms with E-state index in [1.807, 2.05) is 24.3 Å². The van der Waals surface area contributed by atoms with Gasteiger partial charge in [0.05, 0.1) is 13.7 Å². The summed E-state index contributed by atoms with van der Waals surface area (Å²) < 4.78 is 6.53. The van der Waals surface area contributed by atoms with Crippen molar-refractivity contribution in [1.82, 2.24) is 9.55 Å². The molecule has 0 radical (unpaired) electrons. The SMILES string of the molecule is Bc1cn(Cc2ccc(OC)cc2)c(=O)[nH]c1=O. The third kappa shape index (κ3) is 2.53. The maximum atomic E-state index is 11.6. The van der Waals surface area contributed by atoms with Gasteiger partial charge in [0.2, 0.25) is 5.56 Å². The number of nitrogens with zero attached hydrogens (tertiary/aromatic N) is 1. The van der Waals surface area contributed by atoms with E-state index in [1.54, 1.807) is 21.2 Å². The second-order valence-corrected chi connectivity index (χ2v) is 4.05. The van der Waals surface area contributed by atoms with Crippen LogP contribution in [0.5, 0.6) is 5.75 Å². The number of benzene rings is 1. The van der Waals surface area contributed by atoms with Gasteiger partial charge in [-0.15, -0.1) is 0 Å². The van der Waals surface area contributed by atoms with Crippen LogP contribution >= 0.6 is 0 Å². The molecule has 0 unspecified atom stereocenters. The van der Waals surface area contributed by atoms with Crippen molar-refractivity contribution >= 4 is 13.3 Å². The quantitative estimate of drug-likeness (QED) is 0.693. The second-order valence-electron chi connectivity index (χ2n) is 4.05. The Bertz CT molecular complexity index is 658. The van der Waals surface area contributed by atoms with Gasteiger partial charge in [0, 0.05) is 6.20 Å². The van der Waals surface area contributed by atoms with Crippen molar-refractivity contribution < 1.29 is 4.74 Å². The van der Waals surface area contributed by atoms with E-state index in [1.165, 1.54) is 4.57 Å². The van der Waals surface area contributed by atoms with Gasteiger partial charge in [-0.1, -0.05) is 12.1 Å².